The van der Waals surface area contributed by atoms with Gasteiger partial charge in [-0.25, -0.2) is 15.0 Å². The SMILES string of the molecule is c1ccc(-c2nc(-c3cccc(-n4c5ccccc5c5cc6c(cc54)-c4ccccc4C64c5ccccc5-c5ccccc54)c3)nc(-c3cccc4c3oc3ccccc34)n2)cc1. The molecule has 0 saturated heterocycles. The first-order valence-corrected chi connectivity index (χ1v) is 21.4. The van der Waals surface area contributed by atoms with E-state index in [2.05, 4.69) is 156 Å². The smallest absolute Gasteiger partial charge is 0.167 e. The van der Waals surface area contributed by atoms with Crippen LogP contribution in [0, 0.1) is 0 Å². The lowest BCUT2D eigenvalue weighted by Gasteiger charge is -2.30. The summed E-state index contributed by atoms with van der Waals surface area (Å²) in [5.74, 6) is 1.75. The van der Waals surface area contributed by atoms with Crippen molar-refractivity contribution >= 4 is 43.7 Å². The van der Waals surface area contributed by atoms with E-state index in [9.17, 15) is 0 Å². The number of rotatable bonds is 4. The maximum atomic E-state index is 6.49. The first-order chi connectivity index (χ1) is 31.2. The molecule has 5 nitrogen and oxygen atoms in total. The van der Waals surface area contributed by atoms with Crippen LogP contribution >= 0.6 is 0 Å². The maximum absolute atomic E-state index is 6.49. The van der Waals surface area contributed by atoms with Crippen molar-refractivity contribution in [3.05, 3.63) is 229 Å². The highest BCUT2D eigenvalue weighted by atomic mass is 16.3. The maximum Gasteiger partial charge on any atom is 0.167 e. The van der Waals surface area contributed by atoms with Crippen LogP contribution in [0.2, 0.25) is 0 Å². The van der Waals surface area contributed by atoms with Gasteiger partial charge in [0.1, 0.15) is 11.2 Å². The molecule has 63 heavy (non-hydrogen) atoms. The Kier molecular flexibility index (Phi) is 6.97. The lowest BCUT2D eigenvalue weighted by molar-refractivity contribution is 0.669. The van der Waals surface area contributed by atoms with Crippen LogP contribution in [0.4, 0.5) is 0 Å². The normalized spacial score (nSPS) is 13.2. The first kappa shape index (κ1) is 34.3. The van der Waals surface area contributed by atoms with Crippen molar-refractivity contribution in [1.82, 2.24) is 19.5 Å². The van der Waals surface area contributed by atoms with Crippen molar-refractivity contribution in [2.24, 2.45) is 0 Å². The number of hydrogen-bond acceptors (Lipinski definition) is 4. The van der Waals surface area contributed by atoms with E-state index >= 15 is 0 Å². The highest BCUT2D eigenvalue weighted by Gasteiger charge is 2.51. The van der Waals surface area contributed by atoms with E-state index < -0.39 is 5.41 Å². The van der Waals surface area contributed by atoms with Gasteiger partial charge in [0.2, 0.25) is 0 Å². The highest BCUT2D eigenvalue weighted by molar-refractivity contribution is 6.13. The molecule has 0 unspecified atom stereocenters. The van der Waals surface area contributed by atoms with Crippen molar-refractivity contribution in [2.75, 3.05) is 0 Å². The lowest BCUT2D eigenvalue weighted by Crippen LogP contribution is -2.25. The second-order valence-electron chi connectivity index (χ2n) is 16.7. The number of aromatic nitrogens is 4. The molecule has 5 heteroatoms. The Labute approximate surface area is 362 Å². The molecular formula is C58H34N4O. The Morgan fingerprint density at radius 2 is 0.905 bits per heavy atom. The predicted molar refractivity (Wildman–Crippen MR) is 254 cm³/mol. The summed E-state index contributed by atoms with van der Waals surface area (Å²) in [5.41, 5.74) is 17.6. The minimum atomic E-state index is -0.421. The van der Waals surface area contributed by atoms with Crippen LogP contribution in [0.1, 0.15) is 22.3 Å². The summed E-state index contributed by atoms with van der Waals surface area (Å²) >= 11 is 0. The number of para-hydroxylation sites is 3. The van der Waals surface area contributed by atoms with Crippen molar-refractivity contribution in [3.63, 3.8) is 0 Å². The molecule has 0 atom stereocenters. The Morgan fingerprint density at radius 3 is 1.67 bits per heavy atom. The van der Waals surface area contributed by atoms with E-state index in [4.69, 9.17) is 19.4 Å². The van der Waals surface area contributed by atoms with Gasteiger partial charge in [-0.2, -0.15) is 0 Å². The highest BCUT2D eigenvalue weighted by Crippen LogP contribution is 2.63. The van der Waals surface area contributed by atoms with Gasteiger partial charge in [-0.1, -0.05) is 164 Å². The molecule has 0 amide bonds. The summed E-state index contributed by atoms with van der Waals surface area (Å²) in [6.07, 6.45) is 0. The van der Waals surface area contributed by atoms with E-state index in [1.165, 1.54) is 55.3 Å². The molecule has 0 N–H and O–H groups in total. The number of benzene rings is 9. The molecule has 12 aromatic rings. The van der Waals surface area contributed by atoms with Crippen molar-refractivity contribution in [3.8, 4) is 62.1 Å². The molecule has 0 bridgehead atoms. The average molecular weight is 803 g/mol. The van der Waals surface area contributed by atoms with Crippen molar-refractivity contribution in [2.45, 2.75) is 5.41 Å². The number of furan rings is 1. The number of fused-ring (bicyclic) bond motifs is 16. The van der Waals surface area contributed by atoms with Gasteiger partial charge in [0, 0.05) is 38.4 Å². The predicted octanol–water partition coefficient (Wildman–Crippen LogP) is 14.2. The Morgan fingerprint density at radius 1 is 0.349 bits per heavy atom. The molecular weight excluding hydrogens is 769 g/mol. The Balaban J connectivity index is 0.993. The largest absolute Gasteiger partial charge is 0.455 e. The Bertz CT molecular complexity index is 3830. The minimum absolute atomic E-state index is 0.421. The summed E-state index contributed by atoms with van der Waals surface area (Å²) in [6, 6.07) is 73.8. The molecule has 0 radical (unpaired) electrons. The molecule has 3 aromatic heterocycles. The second-order valence-corrected chi connectivity index (χ2v) is 16.7. The van der Waals surface area contributed by atoms with Gasteiger partial charge in [-0.15, -0.1) is 0 Å². The minimum Gasteiger partial charge on any atom is -0.455 e. The zero-order valence-corrected chi connectivity index (χ0v) is 33.8. The molecule has 9 aromatic carbocycles. The summed E-state index contributed by atoms with van der Waals surface area (Å²) in [5, 5.41) is 4.52. The fraction of sp³-hybridized carbons (Fsp3) is 0.0172. The van der Waals surface area contributed by atoms with Crippen LogP contribution in [0.5, 0.6) is 0 Å². The summed E-state index contributed by atoms with van der Waals surface area (Å²) < 4.78 is 8.90. The third-order valence-corrected chi connectivity index (χ3v) is 13.5. The van der Waals surface area contributed by atoms with E-state index in [1.807, 2.05) is 54.6 Å². The van der Waals surface area contributed by atoms with Crippen LogP contribution < -0.4 is 0 Å². The van der Waals surface area contributed by atoms with Crippen LogP contribution in [-0.4, -0.2) is 19.5 Å². The second kappa shape index (κ2) is 12.8. The first-order valence-electron chi connectivity index (χ1n) is 21.4. The molecule has 0 aliphatic heterocycles. The Hall–Kier alpha value is -8.41. The zero-order chi connectivity index (χ0) is 41.2. The van der Waals surface area contributed by atoms with Gasteiger partial charge in [0.25, 0.3) is 0 Å². The molecule has 0 saturated carbocycles. The van der Waals surface area contributed by atoms with Gasteiger partial charge in [0.05, 0.1) is 22.0 Å². The topological polar surface area (TPSA) is 56.7 Å². The molecule has 292 valence electrons. The van der Waals surface area contributed by atoms with Gasteiger partial charge in [-0.3, -0.25) is 0 Å². The van der Waals surface area contributed by atoms with E-state index in [0.717, 1.165) is 55.3 Å². The molecule has 2 aliphatic carbocycles. The van der Waals surface area contributed by atoms with Gasteiger partial charge < -0.3 is 8.98 Å². The molecule has 1 spiro atoms. The summed E-state index contributed by atoms with van der Waals surface area (Å²) in [6.45, 7) is 0. The summed E-state index contributed by atoms with van der Waals surface area (Å²) in [4.78, 5) is 15.5. The van der Waals surface area contributed by atoms with Gasteiger partial charge in [-0.05, 0) is 87.0 Å². The van der Waals surface area contributed by atoms with Crippen molar-refractivity contribution in [1.29, 1.82) is 0 Å². The standard InChI is InChI=1S/C58H34N4O/c1-2-16-35(17-3-1)55-59-56(61-57(60-55)44-26-15-25-43-42-24-8-13-31-53(42)63-54(43)44)36-18-14-19-37(32-36)62-51-30-12-7-23-41(51)46-33-50-45(34-52(46)62)40-22-6-11-29-49(40)58(50)47-27-9-4-20-38(47)39-21-5-10-28-48(39)58/h1-34H. The number of hydrogen-bond donors (Lipinski definition) is 0. The molecule has 0 fully saturated rings. The quantitative estimate of drug-likeness (QED) is 0.178. The van der Waals surface area contributed by atoms with Crippen LogP contribution in [0.15, 0.2) is 211 Å². The third kappa shape index (κ3) is 4.68. The third-order valence-electron chi connectivity index (χ3n) is 13.5. The van der Waals surface area contributed by atoms with Crippen molar-refractivity contribution < 1.29 is 4.42 Å². The van der Waals surface area contributed by atoms with E-state index in [1.54, 1.807) is 0 Å². The lowest BCUT2D eigenvalue weighted by atomic mass is 9.70. The molecule has 3 heterocycles. The number of nitrogens with zero attached hydrogens (tertiary/aromatic N) is 4. The zero-order valence-electron chi connectivity index (χ0n) is 33.8. The van der Waals surface area contributed by atoms with Crippen LogP contribution in [-0.2, 0) is 5.41 Å². The molecule has 2 aliphatic rings. The van der Waals surface area contributed by atoms with E-state index in [-0.39, 0.29) is 0 Å². The van der Waals surface area contributed by atoms with Gasteiger partial charge >= 0.3 is 0 Å². The molecule has 14 rings (SSSR count). The fourth-order valence-corrected chi connectivity index (χ4v) is 10.9. The van der Waals surface area contributed by atoms with Crippen LogP contribution in [0.3, 0.4) is 0 Å². The summed E-state index contributed by atoms with van der Waals surface area (Å²) in [7, 11) is 0. The monoisotopic (exact) mass is 802 g/mol. The van der Waals surface area contributed by atoms with Crippen LogP contribution in [0.25, 0.3) is 106 Å². The van der Waals surface area contributed by atoms with E-state index in [0.29, 0.717) is 17.5 Å². The van der Waals surface area contributed by atoms with Gasteiger partial charge in [0.15, 0.2) is 17.5 Å². The average Bonchev–Trinajstić information content (AvgIpc) is 4.07. The fourth-order valence-electron chi connectivity index (χ4n) is 10.9.